The zero-order valence-corrected chi connectivity index (χ0v) is 15.2. The zero-order chi connectivity index (χ0) is 18.9. The molecule has 0 unspecified atom stereocenters. The van der Waals surface area contributed by atoms with Crippen LogP contribution in [0.4, 0.5) is 10.5 Å². The first kappa shape index (κ1) is 19.4. The lowest BCUT2D eigenvalue weighted by Crippen LogP contribution is -2.47. The summed E-state index contributed by atoms with van der Waals surface area (Å²) in [6, 6.07) is 7.74. The van der Waals surface area contributed by atoms with E-state index in [0.29, 0.717) is 18.1 Å². The quantitative estimate of drug-likeness (QED) is 0.696. The van der Waals surface area contributed by atoms with Gasteiger partial charge in [-0.3, -0.25) is 0 Å². The lowest BCUT2D eigenvalue weighted by atomic mass is 10.1. The number of benzene rings is 1. The van der Waals surface area contributed by atoms with E-state index in [0.717, 1.165) is 6.42 Å². The van der Waals surface area contributed by atoms with E-state index in [1.807, 2.05) is 39.0 Å². The largest absolute Gasteiger partial charge is 0.456 e. The van der Waals surface area contributed by atoms with Crippen molar-refractivity contribution in [3.63, 3.8) is 0 Å². The molecule has 1 aromatic heterocycles. The van der Waals surface area contributed by atoms with Crippen LogP contribution in [0.5, 0.6) is 0 Å². The number of tetrazole rings is 1. The van der Waals surface area contributed by atoms with Crippen molar-refractivity contribution in [1.29, 1.82) is 0 Å². The average Bonchev–Trinajstić information content (AvgIpc) is 3.06. The molecule has 9 heteroatoms. The zero-order valence-electron chi connectivity index (χ0n) is 15.2. The van der Waals surface area contributed by atoms with Crippen LogP contribution in [-0.2, 0) is 22.7 Å². The number of aromatic nitrogens is 4. The van der Waals surface area contributed by atoms with Gasteiger partial charge in [-0.2, -0.15) is 0 Å². The van der Waals surface area contributed by atoms with Crippen LogP contribution in [0, 0.1) is 5.92 Å². The number of hydrogen-bond donors (Lipinski definition) is 2. The first-order valence-corrected chi connectivity index (χ1v) is 8.55. The van der Waals surface area contributed by atoms with Gasteiger partial charge in [0.05, 0.1) is 0 Å². The number of urea groups is 1. The number of anilines is 1. The molecule has 0 aliphatic heterocycles. The molecule has 2 N–H and O–H groups in total. The highest BCUT2D eigenvalue weighted by atomic mass is 16.5. The minimum atomic E-state index is -0.783. The van der Waals surface area contributed by atoms with E-state index in [1.54, 1.807) is 16.8 Å². The van der Waals surface area contributed by atoms with E-state index in [-0.39, 0.29) is 12.5 Å². The maximum Gasteiger partial charge on any atom is 0.329 e. The average molecular weight is 360 g/mol. The minimum absolute atomic E-state index is 0.0446. The molecule has 0 aliphatic rings. The summed E-state index contributed by atoms with van der Waals surface area (Å²) in [5.41, 5.74) is 0.639. The molecule has 0 saturated carbocycles. The Bertz CT molecular complexity index is 716. The minimum Gasteiger partial charge on any atom is -0.456 e. The van der Waals surface area contributed by atoms with Crippen molar-refractivity contribution in [2.24, 2.45) is 5.92 Å². The van der Waals surface area contributed by atoms with Gasteiger partial charge in [0.1, 0.15) is 6.04 Å². The highest BCUT2D eigenvalue weighted by Crippen LogP contribution is 2.08. The Labute approximate surface area is 152 Å². The van der Waals surface area contributed by atoms with Gasteiger partial charge in [0.15, 0.2) is 12.4 Å². The third-order valence-electron chi connectivity index (χ3n) is 3.62. The van der Waals surface area contributed by atoms with Crippen molar-refractivity contribution in [3.8, 4) is 0 Å². The number of para-hydroxylation sites is 1. The van der Waals surface area contributed by atoms with Crippen molar-refractivity contribution in [1.82, 2.24) is 25.5 Å². The Morgan fingerprint density at radius 1 is 1.23 bits per heavy atom. The van der Waals surface area contributed by atoms with Crippen LogP contribution in [0.15, 0.2) is 30.3 Å². The first-order chi connectivity index (χ1) is 12.5. The molecule has 140 valence electrons. The van der Waals surface area contributed by atoms with E-state index in [1.165, 1.54) is 0 Å². The lowest BCUT2D eigenvalue weighted by molar-refractivity contribution is -0.148. The second kappa shape index (κ2) is 9.50. The van der Waals surface area contributed by atoms with Crippen molar-refractivity contribution in [2.75, 3.05) is 5.32 Å². The van der Waals surface area contributed by atoms with Crippen molar-refractivity contribution in [3.05, 3.63) is 36.2 Å². The lowest BCUT2D eigenvalue weighted by Gasteiger charge is -2.21. The fraction of sp³-hybridized carbons (Fsp3) is 0.471. The van der Waals surface area contributed by atoms with Gasteiger partial charge in [-0.1, -0.05) is 39.0 Å². The number of ether oxygens (including phenoxy) is 1. The molecular formula is C17H24N6O3. The maximum atomic E-state index is 12.4. The number of nitrogens with one attached hydrogen (secondary N) is 2. The van der Waals surface area contributed by atoms with Crippen LogP contribution in [-0.4, -0.2) is 38.2 Å². The number of rotatable bonds is 8. The van der Waals surface area contributed by atoms with Crippen LogP contribution in [0.25, 0.3) is 0 Å². The van der Waals surface area contributed by atoms with E-state index >= 15 is 0 Å². The third kappa shape index (κ3) is 5.54. The predicted molar refractivity (Wildman–Crippen MR) is 95.1 cm³/mol. The molecule has 0 spiro atoms. The Morgan fingerprint density at radius 3 is 2.62 bits per heavy atom. The predicted octanol–water partition coefficient (Wildman–Crippen LogP) is 1.97. The third-order valence-corrected chi connectivity index (χ3v) is 3.62. The summed E-state index contributed by atoms with van der Waals surface area (Å²) in [5.74, 6) is -0.207. The molecule has 2 amide bonds. The molecule has 0 radical (unpaired) electrons. The molecule has 9 nitrogen and oxygen atoms in total. The van der Waals surface area contributed by atoms with E-state index in [4.69, 9.17) is 4.74 Å². The summed E-state index contributed by atoms with van der Waals surface area (Å²) >= 11 is 0. The molecule has 26 heavy (non-hydrogen) atoms. The molecule has 2 rings (SSSR count). The fourth-order valence-electron chi connectivity index (χ4n) is 2.27. The molecule has 1 aromatic carbocycles. The second-order valence-electron chi connectivity index (χ2n) is 6.11. The van der Waals surface area contributed by atoms with Gasteiger partial charge in [-0.05, 0) is 34.9 Å². The van der Waals surface area contributed by atoms with Crippen LogP contribution in [0.2, 0.25) is 0 Å². The molecule has 0 saturated heterocycles. The normalized spacial score (nSPS) is 11.8. The van der Waals surface area contributed by atoms with Crippen LogP contribution in [0.1, 0.15) is 33.0 Å². The number of hydrogen-bond acceptors (Lipinski definition) is 6. The molecule has 2 aromatic rings. The van der Waals surface area contributed by atoms with Crippen LogP contribution in [0.3, 0.4) is 0 Å². The molecule has 1 atom stereocenters. The standard InChI is InChI=1S/C17H24N6O3/c1-4-10-23-14(20-21-22-23)11-26-16(24)15(12(2)3)19-17(25)18-13-8-6-5-7-9-13/h5-9,12,15H,4,10-11H2,1-3H3,(H2,18,19,25)/t15-/m1/s1. The highest BCUT2D eigenvalue weighted by Gasteiger charge is 2.26. The van der Waals surface area contributed by atoms with Gasteiger partial charge in [0, 0.05) is 12.2 Å². The summed E-state index contributed by atoms with van der Waals surface area (Å²) in [5, 5.41) is 16.6. The van der Waals surface area contributed by atoms with Gasteiger partial charge < -0.3 is 15.4 Å². The SMILES string of the molecule is CCCn1nnnc1COC(=O)[C@H](NC(=O)Nc1ccccc1)C(C)C. The Kier molecular flexibility index (Phi) is 7.07. The Balaban J connectivity index is 1.92. The van der Waals surface area contributed by atoms with Crippen molar-refractivity contribution < 1.29 is 14.3 Å². The first-order valence-electron chi connectivity index (χ1n) is 8.55. The van der Waals surface area contributed by atoms with Gasteiger partial charge in [0.2, 0.25) is 0 Å². The molecule has 0 aliphatic carbocycles. The molecule has 0 bridgehead atoms. The number of carbonyl (C=O) groups is 2. The summed E-state index contributed by atoms with van der Waals surface area (Å²) < 4.78 is 6.89. The summed E-state index contributed by atoms with van der Waals surface area (Å²) in [6.45, 7) is 6.26. The summed E-state index contributed by atoms with van der Waals surface area (Å²) in [7, 11) is 0. The van der Waals surface area contributed by atoms with Crippen molar-refractivity contribution >= 4 is 17.7 Å². The van der Waals surface area contributed by atoms with Gasteiger partial charge in [-0.15, -0.1) is 5.10 Å². The second-order valence-corrected chi connectivity index (χ2v) is 6.11. The molecule has 0 fully saturated rings. The summed E-state index contributed by atoms with van der Waals surface area (Å²) in [6.07, 6.45) is 0.863. The number of amides is 2. The van der Waals surface area contributed by atoms with Gasteiger partial charge in [0.25, 0.3) is 0 Å². The number of aryl methyl sites for hydroxylation is 1. The number of esters is 1. The van der Waals surface area contributed by atoms with Gasteiger partial charge in [-0.25, -0.2) is 14.3 Å². The van der Waals surface area contributed by atoms with Crippen LogP contribution >= 0.6 is 0 Å². The topological polar surface area (TPSA) is 111 Å². The highest BCUT2D eigenvalue weighted by molar-refractivity contribution is 5.92. The number of nitrogens with zero attached hydrogens (tertiary/aromatic N) is 4. The smallest absolute Gasteiger partial charge is 0.329 e. The van der Waals surface area contributed by atoms with E-state index in [2.05, 4.69) is 26.2 Å². The molecule has 1 heterocycles. The van der Waals surface area contributed by atoms with Crippen LogP contribution < -0.4 is 10.6 Å². The Morgan fingerprint density at radius 2 is 1.96 bits per heavy atom. The number of carbonyl (C=O) groups excluding carboxylic acids is 2. The van der Waals surface area contributed by atoms with Gasteiger partial charge >= 0.3 is 12.0 Å². The van der Waals surface area contributed by atoms with E-state index < -0.39 is 18.0 Å². The maximum absolute atomic E-state index is 12.4. The van der Waals surface area contributed by atoms with Crippen molar-refractivity contribution in [2.45, 2.75) is 46.4 Å². The summed E-state index contributed by atoms with van der Waals surface area (Å²) in [4.78, 5) is 24.5. The van der Waals surface area contributed by atoms with E-state index in [9.17, 15) is 9.59 Å². The molecular weight excluding hydrogens is 336 g/mol. The Hall–Kier alpha value is -2.97. The monoisotopic (exact) mass is 360 g/mol. The fourth-order valence-corrected chi connectivity index (χ4v) is 2.27.